The molecular formula is C5H7N3. The second-order valence-corrected chi connectivity index (χ2v) is 1.34. The third kappa shape index (κ3) is 1.01. The maximum Gasteiger partial charge on any atom is 0.200 e. The zero-order valence-electron chi connectivity index (χ0n) is 4.41. The molecule has 0 saturated heterocycles. The van der Waals surface area contributed by atoms with E-state index in [2.05, 4.69) is 17.0 Å². The molecule has 0 saturated carbocycles. The molecule has 8 heavy (non-hydrogen) atoms. The largest absolute Gasteiger partial charge is 0.429 e. The summed E-state index contributed by atoms with van der Waals surface area (Å²) in [6, 6.07) is 1.80. The van der Waals surface area contributed by atoms with Crippen LogP contribution in [0, 0.1) is 7.05 Å². The van der Waals surface area contributed by atoms with E-state index in [9.17, 15) is 0 Å². The lowest BCUT2D eigenvalue weighted by Crippen LogP contribution is -2.70. The van der Waals surface area contributed by atoms with Crippen LogP contribution in [-0.4, -0.2) is 9.97 Å². The van der Waals surface area contributed by atoms with Crippen molar-refractivity contribution in [2.45, 2.75) is 0 Å². The van der Waals surface area contributed by atoms with E-state index in [1.165, 1.54) is 6.33 Å². The van der Waals surface area contributed by atoms with Gasteiger partial charge in [0.25, 0.3) is 0 Å². The van der Waals surface area contributed by atoms with Gasteiger partial charge in [-0.1, -0.05) is 0 Å². The van der Waals surface area contributed by atoms with E-state index in [1.54, 1.807) is 17.6 Å². The van der Waals surface area contributed by atoms with Gasteiger partial charge < -0.3 is 5.32 Å². The van der Waals surface area contributed by atoms with Crippen LogP contribution in [0.15, 0.2) is 18.6 Å². The maximum atomic E-state index is 3.87. The fraction of sp³-hybridized carbons (Fsp3) is 0. The third-order valence-electron chi connectivity index (χ3n) is 0.814. The SMILES string of the molecule is [CH2-][NH2+]c1ccncn1. The molecular weight excluding hydrogens is 102 g/mol. The van der Waals surface area contributed by atoms with Crippen LogP contribution >= 0.6 is 0 Å². The second kappa shape index (κ2) is 2.37. The van der Waals surface area contributed by atoms with Gasteiger partial charge in [0, 0.05) is 12.3 Å². The molecule has 1 aromatic rings. The molecule has 2 N–H and O–H groups in total. The molecule has 1 rings (SSSR count). The Bertz CT molecular complexity index is 149. The van der Waals surface area contributed by atoms with Crippen LogP contribution in [0.5, 0.6) is 0 Å². The number of hydrogen-bond donors (Lipinski definition) is 1. The average Bonchev–Trinajstić information content (AvgIpc) is 1.90. The highest BCUT2D eigenvalue weighted by molar-refractivity contribution is 5.10. The van der Waals surface area contributed by atoms with Crippen LogP contribution in [0.1, 0.15) is 0 Å². The van der Waals surface area contributed by atoms with Crippen LogP contribution < -0.4 is 5.32 Å². The summed E-state index contributed by atoms with van der Waals surface area (Å²) < 4.78 is 0. The van der Waals surface area contributed by atoms with Crippen molar-refractivity contribution in [2.75, 3.05) is 0 Å². The topological polar surface area (TPSA) is 42.4 Å². The number of quaternary nitrogens is 1. The van der Waals surface area contributed by atoms with Gasteiger partial charge in [0.1, 0.15) is 6.33 Å². The molecule has 0 aliphatic heterocycles. The highest BCUT2D eigenvalue weighted by atomic mass is 15.0. The van der Waals surface area contributed by atoms with Crippen LogP contribution in [0.25, 0.3) is 0 Å². The Morgan fingerprint density at radius 1 is 1.62 bits per heavy atom. The molecule has 0 spiro atoms. The zero-order chi connectivity index (χ0) is 5.82. The van der Waals surface area contributed by atoms with Crippen LogP contribution in [0.3, 0.4) is 0 Å². The first kappa shape index (κ1) is 5.18. The maximum absolute atomic E-state index is 3.87. The Kier molecular flexibility index (Phi) is 1.54. The van der Waals surface area contributed by atoms with E-state index in [0.29, 0.717) is 0 Å². The van der Waals surface area contributed by atoms with Crippen molar-refractivity contribution in [3.05, 3.63) is 25.6 Å². The number of hydrogen-bond acceptors (Lipinski definition) is 2. The predicted octanol–water partition coefficient (Wildman–Crippen LogP) is -0.537. The summed E-state index contributed by atoms with van der Waals surface area (Å²) in [7, 11) is 3.54. The Balaban J connectivity index is 2.83. The molecule has 1 heterocycles. The third-order valence-corrected chi connectivity index (χ3v) is 0.814. The minimum atomic E-state index is 0.861. The lowest BCUT2D eigenvalue weighted by atomic mass is 10.6. The normalized spacial score (nSPS) is 9.12. The van der Waals surface area contributed by atoms with E-state index in [1.807, 2.05) is 0 Å². The molecule has 0 bridgehead atoms. The number of aromatic nitrogens is 2. The summed E-state index contributed by atoms with van der Waals surface area (Å²) in [5, 5.41) is 1.68. The Labute approximate surface area is 47.8 Å². The summed E-state index contributed by atoms with van der Waals surface area (Å²) in [6.45, 7) is 0. The van der Waals surface area contributed by atoms with Gasteiger partial charge in [-0.25, -0.2) is 4.98 Å². The molecule has 0 aromatic carbocycles. The molecule has 3 nitrogen and oxygen atoms in total. The van der Waals surface area contributed by atoms with Crippen LogP contribution in [0.4, 0.5) is 5.82 Å². The van der Waals surface area contributed by atoms with Crippen molar-refractivity contribution in [3.63, 3.8) is 0 Å². The van der Waals surface area contributed by atoms with E-state index in [-0.39, 0.29) is 0 Å². The van der Waals surface area contributed by atoms with Crippen molar-refractivity contribution in [3.8, 4) is 0 Å². The van der Waals surface area contributed by atoms with E-state index in [0.717, 1.165) is 5.82 Å². The van der Waals surface area contributed by atoms with Crippen molar-refractivity contribution in [1.82, 2.24) is 9.97 Å². The minimum Gasteiger partial charge on any atom is -0.429 e. The fourth-order valence-corrected chi connectivity index (χ4v) is 0.422. The summed E-state index contributed by atoms with van der Waals surface area (Å²) in [5.74, 6) is 0.861. The smallest absolute Gasteiger partial charge is 0.200 e. The highest BCUT2D eigenvalue weighted by Crippen LogP contribution is 1.84. The molecule has 0 atom stereocenters. The van der Waals surface area contributed by atoms with E-state index < -0.39 is 0 Å². The van der Waals surface area contributed by atoms with Crippen molar-refractivity contribution >= 4 is 5.82 Å². The lowest BCUT2D eigenvalue weighted by Gasteiger charge is -1.92. The van der Waals surface area contributed by atoms with Crippen LogP contribution in [-0.2, 0) is 0 Å². The van der Waals surface area contributed by atoms with E-state index in [4.69, 9.17) is 0 Å². The monoisotopic (exact) mass is 109 g/mol. The quantitative estimate of drug-likeness (QED) is 0.492. The standard InChI is InChI=1S/C5H7N3/c1-6-5-2-3-7-4-8-5/h2-4H,1,6H2. The minimum absolute atomic E-state index is 0.861. The van der Waals surface area contributed by atoms with Gasteiger partial charge in [-0.2, -0.15) is 4.98 Å². The highest BCUT2D eigenvalue weighted by Gasteiger charge is 1.82. The van der Waals surface area contributed by atoms with Gasteiger partial charge in [0.05, 0.1) is 0 Å². The number of nitrogens with two attached hydrogens (primary N) is 1. The van der Waals surface area contributed by atoms with Gasteiger partial charge in [0.15, 0.2) is 0 Å². The zero-order valence-corrected chi connectivity index (χ0v) is 4.41. The second-order valence-electron chi connectivity index (χ2n) is 1.34. The Morgan fingerprint density at radius 2 is 2.50 bits per heavy atom. The first-order valence-electron chi connectivity index (χ1n) is 2.32. The lowest BCUT2D eigenvalue weighted by molar-refractivity contribution is -0.508. The molecule has 0 radical (unpaired) electrons. The first-order valence-corrected chi connectivity index (χ1v) is 2.32. The van der Waals surface area contributed by atoms with Gasteiger partial charge >= 0.3 is 0 Å². The summed E-state index contributed by atoms with van der Waals surface area (Å²) in [6.07, 6.45) is 3.18. The van der Waals surface area contributed by atoms with Crippen LogP contribution in [0.2, 0.25) is 0 Å². The molecule has 0 amide bonds. The molecule has 0 aliphatic carbocycles. The van der Waals surface area contributed by atoms with Crippen molar-refractivity contribution in [2.24, 2.45) is 0 Å². The van der Waals surface area contributed by atoms with Gasteiger partial charge in [-0.05, 0) is 0 Å². The number of rotatable bonds is 1. The molecule has 1 aromatic heterocycles. The number of nitrogens with zero attached hydrogens (tertiary/aromatic N) is 2. The van der Waals surface area contributed by atoms with Gasteiger partial charge in [0.2, 0.25) is 5.82 Å². The van der Waals surface area contributed by atoms with E-state index >= 15 is 0 Å². The fourth-order valence-electron chi connectivity index (χ4n) is 0.422. The molecule has 0 unspecified atom stereocenters. The Hall–Kier alpha value is -0.960. The van der Waals surface area contributed by atoms with Gasteiger partial charge in [-0.15, -0.1) is 7.05 Å². The van der Waals surface area contributed by atoms with Gasteiger partial charge in [-0.3, -0.25) is 0 Å². The first-order chi connectivity index (χ1) is 3.93. The summed E-state index contributed by atoms with van der Waals surface area (Å²) in [5.41, 5.74) is 0. The molecule has 0 aliphatic rings. The molecule has 3 heteroatoms. The predicted molar refractivity (Wildman–Crippen MR) is 29.0 cm³/mol. The Morgan fingerprint density at radius 3 is 2.88 bits per heavy atom. The molecule has 42 valence electrons. The van der Waals surface area contributed by atoms with Crippen molar-refractivity contribution < 1.29 is 5.32 Å². The summed E-state index contributed by atoms with van der Waals surface area (Å²) >= 11 is 0. The molecule has 0 fully saturated rings. The summed E-state index contributed by atoms with van der Waals surface area (Å²) in [4.78, 5) is 7.60. The van der Waals surface area contributed by atoms with Crippen molar-refractivity contribution in [1.29, 1.82) is 0 Å². The average molecular weight is 109 g/mol.